The number of fused-ring (bicyclic) bond motifs is 1. The molecule has 0 atom stereocenters. The molecule has 0 fully saturated rings. The third-order valence-corrected chi connectivity index (χ3v) is 3.42. The van der Waals surface area contributed by atoms with E-state index in [9.17, 15) is 4.79 Å². The molecule has 1 aromatic carbocycles. The lowest BCUT2D eigenvalue weighted by molar-refractivity contribution is -0.120. The molecule has 2 rings (SSSR count). The molecule has 2 aromatic rings. The third kappa shape index (κ3) is 3.00. The van der Waals surface area contributed by atoms with E-state index in [-0.39, 0.29) is 5.91 Å². The second-order valence-electron chi connectivity index (χ2n) is 3.93. The second kappa shape index (κ2) is 5.53. The molecule has 0 saturated heterocycles. The number of nitrogens with one attached hydrogen (secondary N) is 1. The fourth-order valence-corrected chi connectivity index (χ4v) is 2.30. The van der Waals surface area contributed by atoms with E-state index >= 15 is 0 Å². The Labute approximate surface area is 114 Å². The van der Waals surface area contributed by atoms with Gasteiger partial charge >= 0.3 is 0 Å². The monoisotopic (exact) mass is 343 g/mol. The molecular formula is C13H14INO2. The van der Waals surface area contributed by atoms with Gasteiger partial charge in [-0.15, -0.1) is 0 Å². The van der Waals surface area contributed by atoms with Gasteiger partial charge in [0.1, 0.15) is 5.58 Å². The number of hydrogen-bond donors (Lipinski definition) is 1. The summed E-state index contributed by atoms with van der Waals surface area (Å²) >= 11 is 2.29. The van der Waals surface area contributed by atoms with Crippen molar-refractivity contribution in [3.8, 4) is 0 Å². The lowest BCUT2D eigenvalue weighted by atomic mass is 10.1. The average molecular weight is 343 g/mol. The Bertz CT molecular complexity index is 533. The maximum Gasteiger partial charge on any atom is 0.219 e. The molecule has 3 nitrogen and oxygen atoms in total. The molecule has 0 spiro atoms. The number of benzene rings is 1. The highest BCUT2D eigenvalue weighted by Gasteiger charge is 2.07. The van der Waals surface area contributed by atoms with Crippen molar-refractivity contribution in [2.45, 2.75) is 19.3 Å². The summed E-state index contributed by atoms with van der Waals surface area (Å²) in [5.74, 6) is 0.0902. The van der Waals surface area contributed by atoms with Gasteiger partial charge in [0.25, 0.3) is 0 Å². The highest BCUT2D eigenvalue weighted by Crippen LogP contribution is 2.24. The molecule has 0 unspecified atom stereocenters. The molecule has 0 aliphatic heterocycles. The maximum absolute atomic E-state index is 11.1. The van der Waals surface area contributed by atoms with Crippen molar-refractivity contribution in [2.24, 2.45) is 0 Å². The van der Waals surface area contributed by atoms with Gasteiger partial charge in [0.05, 0.1) is 6.26 Å². The summed E-state index contributed by atoms with van der Waals surface area (Å²) in [5, 5.41) is 3.79. The lowest BCUT2D eigenvalue weighted by Crippen LogP contribution is -2.17. The molecule has 0 aliphatic carbocycles. The zero-order valence-electron chi connectivity index (χ0n) is 9.63. The van der Waals surface area contributed by atoms with Crippen LogP contribution in [0.5, 0.6) is 0 Å². The Kier molecular flexibility index (Phi) is 4.04. The third-order valence-electron chi connectivity index (χ3n) is 2.74. The standard InChI is InChI=1S/C13H14INO2/c1-15-13(16)4-2-3-9-8-17-12-6-5-10(14)7-11(9)12/h5-8H,2-4H2,1H3,(H,15,16). The molecule has 0 saturated carbocycles. The Morgan fingerprint density at radius 2 is 2.29 bits per heavy atom. The van der Waals surface area contributed by atoms with Crippen LogP contribution < -0.4 is 5.32 Å². The van der Waals surface area contributed by atoms with Gasteiger partial charge in [0, 0.05) is 22.4 Å². The quantitative estimate of drug-likeness (QED) is 0.867. The highest BCUT2D eigenvalue weighted by molar-refractivity contribution is 14.1. The van der Waals surface area contributed by atoms with E-state index < -0.39 is 0 Å². The van der Waals surface area contributed by atoms with Crippen molar-refractivity contribution in [1.29, 1.82) is 0 Å². The number of hydrogen-bond acceptors (Lipinski definition) is 2. The zero-order valence-corrected chi connectivity index (χ0v) is 11.8. The van der Waals surface area contributed by atoms with Gasteiger partial charge in [0.15, 0.2) is 0 Å². The fraction of sp³-hybridized carbons (Fsp3) is 0.308. The Hall–Kier alpha value is -1.04. The van der Waals surface area contributed by atoms with Crippen LogP contribution in [0.1, 0.15) is 18.4 Å². The van der Waals surface area contributed by atoms with Crippen molar-refractivity contribution in [3.05, 3.63) is 33.6 Å². The first-order chi connectivity index (χ1) is 8.20. The minimum Gasteiger partial charge on any atom is -0.464 e. The van der Waals surface area contributed by atoms with Crippen LogP contribution in [0.4, 0.5) is 0 Å². The van der Waals surface area contributed by atoms with E-state index in [4.69, 9.17) is 4.42 Å². The largest absolute Gasteiger partial charge is 0.464 e. The van der Waals surface area contributed by atoms with E-state index in [0.717, 1.165) is 23.8 Å². The van der Waals surface area contributed by atoms with Crippen LogP contribution in [0.25, 0.3) is 11.0 Å². The minimum absolute atomic E-state index is 0.0902. The lowest BCUT2D eigenvalue weighted by Gasteiger charge is -1.99. The first-order valence-electron chi connectivity index (χ1n) is 5.57. The molecule has 0 bridgehead atoms. The number of carbonyl (C=O) groups excluding carboxylic acids is 1. The molecule has 1 amide bonds. The summed E-state index contributed by atoms with van der Waals surface area (Å²) in [5.41, 5.74) is 2.10. The van der Waals surface area contributed by atoms with E-state index in [0.29, 0.717) is 6.42 Å². The van der Waals surface area contributed by atoms with E-state index in [1.54, 1.807) is 13.3 Å². The summed E-state index contributed by atoms with van der Waals surface area (Å²) in [7, 11) is 1.66. The minimum atomic E-state index is 0.0902. The van der Waals surface area contributed by atoms with Gasteiger partial charge in [-0.3, -0.25) is 4.79 Å². The van der Waals surface area contributed by atoms with Crippen molar-refractivity contribution in [2.75, 3.05) is 7.05 Å². The van der Waals surface area contributed by atoms with Crippen LogP contribution in [-0.2, 0) is 11.2 Å². The molecule has 0 aliphatic rings. The number of furan rings is 1. The second-order valence-corrected chi connectivity index (χ2v) is 5.17. The van der Waals surface area contributed by atoms with E-state index in [1.807, 2.05) is 12.1 Å². The van der Waals surface area contributed by atoms with Crippen LogP contribution >= 0.6 is 22.6 Å². The van der Waals surface area contributed by atoms with Gasteiger partial charge < -0.3 is 9.73 Å². The van der Waals surface area contributed by atoms with Gasteiger partial charge in [-0.1, -0.05) is 0 Å². The van der Waals surface area contributed by atoms with Gasteiger partial charge in [-0.25, -0.2) is 0 Å². The highest BCUT2D eigenvalue weighted by atomic mass is 127. The van der Waals surface area contributed by atoms with Crippen molar-refractivity contribution in [3.63, 3.8) is 0 Å². The summed E-state index contributed by atoms with van der Waals surface area (Å²) in [4.78, 5) is 11.1. The molecule has 1 N–H and O–H groups in total. The van der Waals surface area contributed by atoms with E-state index in [2.05, 4.69) is 34.0 Å². The maximum atomic E-state index is 11.1. The topological polar surface area (TPSA) is 42.2 Å². The van der Waals surface area contributed by atoms with Crippen LogP contribution in [0.3, 0.4) is 0 Å². The molecule has 17 heavy (non-hydrogen) atoms. The first kappa shape index (κ1) is 12.4. The van der Waals surface area contributed by atoms with E-state index in [1.165, 1.54) is 9.13 Å². The zero-order chi connectivity index (χ0) is 12.3. The Morgan fingerprint density at radius 3 is 3.06 bits per heavy atom. The summed E-state index contributed by atoms with van der Waals surface area (Å²) in [6, 6.07) is 6.13. The van der Waals surface area contributed by atoms with Crippen molar-refractivity contribution >= 4 is 39.5 Å². The van der Waals surface area contributed by atoms with Crippen LogP contribution in [0.2, 0.25) is 0 Å². The van der Waals surface area contributed by atoms with Crippen molar-refractivity contribution < 1.29 is 9.21 Å². The SMILES string of the molecule is CNC(=O)CCCc1coc2ccc(I)cc12. The smallest absolute Gasteiger partial charge is 0.219 e. The number of carbonyl (C=O) groups is 1. The first-order valence-corrected chi connectivity index (χ1v) is 6.65. The Balaban J connectivity index is 2.08. The van der Waals surface area contributed by atoms with Crippen molar-refractivity contribution in [1.82, 2.24) is 5.32 Å². The van der Waals surface area contributed by atoms with Gasteiger partial charge in [-0.05, 0) is 59.2 Å². The summed E-state index contributed by atoms with van der Waals surface area (Å²) in [6.45, 7) is 0. The summed E-state index contributed by atoms with van der Waals surface area (Å²) < 4.78 is 6.68. The number of amides is 1. The fourth-order valence-electron chi connectivity index (χ4n) is 1.81. The Morgan fingerprint density at radius 1 is 1.47 bits per heavy atom. The van der Waals surface area contributed by atoms with Crippen LogP contribution in [0, 0.1) is 3.57 Å². The number of halogens is 1. The normalized spacial score (nSPS) is 10.7. The predicted molar refractivity (Wildman–Crippen MR) is 75.9 cm³/mol. The molecule has 1 aromatic heterocycles. The van der Waals surface area contributed by atoms with Gasteiger partial charge in [-0.2, -0.15) is 0 Å². The summed E-state index contributed by atoms with van der Waals surface area (Å²) in [6.07, 6.45) is 4.08. The molecule has 90 valence electrons. The average Bonchev–Trinajstić information content (AvgIpc) is 2.72. The molecule has 0 radical (unpaired) electrons. The van der Waals surface area contributed by atoms with Gasteiger partial charge in [0.2, 0.25) is 5.91 Å². The molecular weight excluding hydrogens is 329 g/mol. The number of aryl methyl sites for hydroxylation is 1. The number of rotatable bonds is 4. The molecule has 1 heterocycles. The predicted octanol–water partition coefficient (Wildman–Crippen LogP) is 3.11. The molecule has 4 heteroatoms. The van der Waals surface area contributed by atoms with Crippen LogP contribution in [-0.4, -0.2) is 13.0 Å². The van der Waals surface area contributed by atoms with Crippen LogP contribution in [0.15, 0.2) is 28.9 Å².